The molecule has 2 aliphatic rings. The van der Waals surface area contributed by atoms with Crippen LogP contribution in [-0.2, 0) is 4.79 Å². The van der Waals surface area contributed by atoms with Gasteiger partial charge in [0.1, 0.15) is 5.54 Å². The summed E-state index contributed by atoms with van der Waals surface area (Å²) in [5.41, 5.74) is -0.513. The third-order valence-corrected chi connectivity index (χ3v) is 2.70. The Kier molecular flexibility index (Phi) is 1.97. The van der Waals surface area contributed by atoms with E-state index in [-0.39, 0.29) is 11.9 Å². The first-order chi connectivity index (χ1) is 6.26. The maximum Gasteiger partial charge on any atom is 0.238 e. The van der Waals surface area contributed by atoms with E-state index in [4.69, 9.17) is 5.26 Å². The summed E-state index contributed by atoms with van der Waals surface area (Å²) in [6.07, 6.45) is 3.56. The molecule has 4 heteroatoms. The second-order valence-corrected chi connectivity index (χ2v) is 3.83. The maximum absolute atomic E-state index is 11.5. The van der Waals surface area contributed by atoms with E-state index in [9.17, 15) is 4.79 Å². The highest BCUT2D eigenvalue weighted by molar-refractivity contribution is 5.83. The summed E-state index contributed by atoms with van der Waals surface area (Å²) in [6, 6.07) is 2.08. The zero-order valence-corrected chi connectivity index (χ0v) is 7.47. The Morgan fingerprint density at radius 1 is 1.62 bits per heavy atom. The number of nitrogens with one attached hydrogen (secondary N) is 2. The molecule has 0 aromatic rings. The van der Waals surface area contributed by atoms with Crippen molar-refractivity contribution in [1.82, 2.24) is 10.6 Å². The van der Waals surface area contributed by atoms with Gasteiger partial charge in [0.05, 0.1) is 12.1 Å². The summed E-state index contributed by atoms with van der Waals surface area (Å²) in [6.45, 7) is 0.914. The standard InChI is InChI=1S/C9H13N3O/c10-6-9(3-4-9)12-8(13)7-2-1-5-11-7/h7,11H,1-5H2,(H,12,13). The summed E-state index contributed by atoms with van der Waals surface area (Å²) < 4.78 is 0. The molecule has 1 aliphatic heterocycles. The normalized spacial score (nSPS) is 29.3. The van der Waals surface area contributed by atoms with Gasteiger partial charge in [-0.05, 0) is 32.2 Å². The molecule has 0 aromatic heterocycles. The van der Waals surface area contributed by atoms with E-state index < -0.39 is 5.54 Å². The largest absolute Gasteiger partial charge is 0.336 e. The molecule has 0 aromatic carbocycles. The first-order valence-corrected chi connectivity index (χ1v) is 4.72. The number of nitriles is 1. The van der Waals surface area contributed by atoms with Crippen LogP contribution in [0.5, 0.6) is 0 Å². The molecule has 0 radical (unpaired) electrons. The van der Waals surface area contributed by atoms with Crippen molar-refractivity contribution in [3.8, 4) is 6.07 Å². The average Bonchev–Trinajstić information content (AvgIpc) is 2.69. The van der Waals surface area contributed by atoms with Crippen LogP contribution in [0.4, 0.5) is 0 Å². The van der Waals surface area contributed by atoms with Crippen molar-refractivity contribution in [3.05, 3.63) is 0 Å². The molecule has 1 heterocycles. The molecule has 2 rings (SSSR count). The highest BCUT2D eigenvalue weighted by Crippen LogP contribution is 2.34. The lowest BCUT2D eigenvalue weighted by Crippen LogP contribution is -2.45. The van der Waals surface area contributed by atoms with Crippen LogP contribution >= 0.6 is 0 Å². The van der Waals surface area contributed by atoms with Crippen LogP contribution in [0.2, 0.25) is 0 Å². The molecule has 1 amide bonds. The smallest absolute Gasteiger partial charge is 0.238 e. The van der Waals surface area contributed by atoms with Crippen molar-refractivity contribution >= 4 is 5.91 Å². The fourth-order valence-corrected chi connectivity index (χ4v) is 1.62. The van der Waals surface area contributed by atoms with Gasteiger partial charge in [-0.25, -0.2) is 0 Å². The lowest BCUT2D eigenvalue weighted by molar-refractivity contribution is -0.123. The topological polar surface area (TPSA) is 64.9 Å². The maximum atomic E-state index is 11.5. The summed E-state index contributed by atoms with van der Waals surface area (Å²) >= 11 is 0. The third kappa shape index (κ3) is 1.65. The van der Waals surface area contributed by atoms with Crippen LogP contribution in [-0.4, -0.2) is 24.0 Å². The number of amides is 1. The van der Waals surface area contributed by atoms with Crippen molar-refractivity contribution < 1.29 is 4.79 Å². The van der Waals surface area contributed by atoms with E-state index in [2.05, 4.69) is 16.7 Å². The van der Waals surface area contributed by atoms with Gasteiger partial charge in [0.25, 0.3) is 0 Å². The molecule has 1 saturated heterocycles. The highest BCUT2D eigenvalue weighted by atomic mass is 16.2. The molecule has 70 valence electrons. The van der Waals surface area contributed by atoms with Gasteiger partial charge < -0.3 is 10.6 Å². The Hall–Kier alpha value is -1.08. The molecule has 0 bridgehead atoms. The van der Waals surface area contributed by atoms with E-state index in [1.807, 2.05) is 0 Å². The van der Waals surface area contributed by atoms with Gasteiger partial charge >= 0.3 is 0 Å². The second kappa shape index (κ2) is 3.00. The molecular formula is C9H13N3O. The highest BCUT2D eigenvalue weighted by Gasteiger charge is 2.45. The number of hydrogen-bond donors (Lipinski definition) is 2. The van der Waals surface area contributed by atoms with Gasteiger partial charge in [0.15, 0.2) is 0 Å². The van der Waals surface area contributed by atoms with Gasteiger partial charge in [-0.15, -0.1) is 0 Å². The van der Waals surface area contributed by atoms with E-state index in [1.54, 1.807) is 0 Å². The quantitative estimate of drug-likeness (QED) is 0.622. The number of carbonyl (C=O) groups is 1. The number of nitrogens with zero attached hydrogens (tertiary/aromatic N) is 1. The Bertz CT molecular complexity index is 259. The fraction of sp³-hybridized carbons (Fsp3) is 0.778. The minimum Gasteiger partial charge on any atom is -0.336 e. The Labute approximate surface area is 77.3 Å². The lowest BCUT2D eigenvalue weighted by Gasteiger charge is -2.13. The first kappa shape index (κ1) is 8.52. The summed E-state index contributed by atoms with van der Waals surface area (Å²) in [5, 5.41) is 14.7. The molecule has 2 fully saturated rings. The van der Waals surface area contributed by atoms with Gasteiger partial charge in [-0.1, -0.05) is 0 Å². The predicted molar refractivity (Wildman–Crippen MR) is 46.7 cm³/mol. The minimum absolute atomic E-state index is 0.00319. The van der Waals surface area contributed by atoms with Gasteiger partial charge in [-0.3, -0.25) is 4.79 Å². The number of carbonyl (C=O) groups excluding carboxylic acids is 1. The zero-order chi connectivity index (χ0) is 9.31. The first-order valence-electron chi connectivity index (χ1n) is 4.72. The molecule has 4 nitrogen and oxygen atoms in total. The average molecular weight is 179 g/mol. The SMILES string of the molecule is N#CC1(NC(=O)C2CCCN2)CC1. The third-order valence-electron chi connectivity index (χ3n) is 2.70. The second-order valence-electron chi connectivity index (χ2n) is 3.83. The molecule has 13 heavy (non-hydrogen) atoms. The van der Waals surface area contributed by atoms with Crippen LogP contribution in [0.3, 0.4) is 0 Å². The van der Waals surface area contributed by atoms with E-state index in [0.29, 0.717) is 0 Å². The van der Waals surface area contributed by atoms with Crippen LogP contribution in [0, 0.1) is 11.3 Å². The molecule has 1 aliphatic carbocycles. The van der Waals surface area contributed by atoms with Crippen LogP contribution in [0.1, 0.15) is 25.7 Å². The van der Waals surface area contributed by atoms with E-state index in [0.717, 1.165) is 32.2 Å². The molecule has 1 unspecified atom stereocenters. The monoisotopic (exact) mass is 179 g/mol. The van der Waals surface area contributed by atoms with E-state index in [1.165, 1.54) is 0 Å². The van der Waals surface area contributed by atoms with Crippen molar-refractivity contribution in [1.29, 1.82) is 5.26 Å². The van der Waals surface area contributed by atoms with Crippen molar-refractivity contribution in [2.75, 3.05) is 6.54 Å². The molecular weight excluding hydrogens is 166 g/mol. The van der Waals surface area contributed by atoms with Gasteiger partial charge in [-0.2, -0.15) is 5.26 Å². The number of hydrogen-bond acceptors (Lipinski definition) is 3. The summed E-state index contributed by atoms with van der Waals surface area (Å²) in [5.74, 6) is -0.00319. The Morgan fingerprint density at radius 2 is 2.38 bits per heavy atom. The van der Waals surface area contributed by atoms with Crippen molar-refractivity contribution in [2.24, 2.45) is 0 Å². The van der Waals surface area contributed by atoms with Crippen molar-refractivity contribution in [3.63, 3.8) is 0 Å². The Morgan fingerprint density at radius 3 is 2.85 bits per heavy atom. The van der Waals surface area contributed by atoms with Gasteiger partial charge in [0, 0.05) is 0 Å². The van der Waals surface area contributed by atoms with Crippen LogP contribution in [0.15, 0.2) is 0 Å². The predicted octanol–water partition coefficient (Wildman–Crippen LogP) is -0.0892. The zero-order valence-electron chi connectivity index (χ0n) is 7.47. The number of rotatable bonds is 2. The molecule has 1 atom stereocenters. The van der Waals surface area contributed by atoms with Crippen LogP contribution < -0.4 is 10.6 Å². The van der Waals surface area contributed by atoms with Gasteiger partial charge in [0.2, 0.25) is 5.91 Å². The summed E-state index contributed by atoms with van der Waals surface area (Å²) in [4.78, 5) is 11.5. The minimum atomic E-state index is -0.513. The summed E-state index contributed by atoms with van der Waals surface area (Å²) in [7, 11) is 0. The molecule has 2 N–H and O–H groups in total. The Balaban J connectivity index is 1.88. The van der Waals surface area contributed by atoms with Crippen LogP contribution in [0.25, 0.3) is 0 Å². The molecule has 0 spiro atoms. The lowest BCUT2D eigenvalue weighted by atomic mass is 10.2. The fourth-order valence-electron chi connectivity index (χ4n) is 1.62. The molecule has 1 saturated carbocycles. The van der Waals surface area contributed by atoms with E-state index >= 15 is 0 Å². The van der Waals surface area contributed by atoms with Crippen molar-refractivity contribution in [2.45, 2.75) is 37.3 Å².